The fraction of sp³-hybridized carbons (Fsp3) is 0.500. The number of carbonyl (C=O) groups excluding carboxylic acids is 1. The molecule has 4 rings (SSSR count). The Kier molecular flexibility index (Phi) is 4.27. The fourth-order valence-electron chi connectivity index (χ4n) is 3.33. The first kappa shape index (κ1) is 15.6. The molecule has 0 bridgehead atoms. The number of benzene rings is 1. The SMILES string of the molecule is O=C(c1ccccc1Cl)N1CCC[C@@H](Cc2nc(C3CC3)no2)C1. The molecule has 1 amide bonds. The molecule has 5 nitrogen and oxygen atoms in total. The van der Waals surface area contributed by atoms with Crippen LogP contribution in [-0.4, -0.2) is 34.0 Å². The van der Waals surface area contributed by atoms with Crippen LogP contribution in [0, 0.1) is 5.92 Å². The predicted octanol–water partition coefficient (Wildman–Crippen LogP) is 3.70. The van der Waals surface area contributed by atoms with Gasteiger partial charge in [0.2, 0.25) is 5.89 Å². The van der Waals surface area contributed by atoms with Crippen LogP contribution in [0.2, 0.25) is 5.02 Å². The van der Waals surface area contributed by atoms with Crippen molar-refractivity contribution < 1.29 is 9.32 Å². The van der Waals surface area contributed by atoms with E-state index in [1.807, 2.05) is 17.0 Å². The van der Waals surface area contributed by atoms with Gasteiger partial charge in [-0.25, -0.2) is 0 Å². The number of aromatic nitrogens is 2. The molecule has 0 unspecified atom stereocenters. The van der Waals surface area contributed by atoms with E-state index in [2.05, 4.69) is 10.1 Å². The third kappa shape index (κ3) is 3.31. The molecular weight excluding hydrogens is 326 g/mol. The van der Waals surface area contributed by atoms with Crippen LogP contribution in [0.25, 0.3) is 0 Å². The summed E-state index contributed by atoms with van der Waals surface area (Å²) < 4.78 is 5.38. The second kappa shape index (κ2) is 6.55. The Balaban J connectivity index is 1.41. The van der Waals surface area contributed by atoms with E-state index in [0.29, 0.717) is 34.9 Å². The molecule has 0 N–H and O–H groups in total. The lowest BCUT2D eigenvalue weighted by Crippen LogP contribution is -2.40. The maximum absolute atomic E-state index is 12.7. The highest BCUT2D eigenvalue weighted by Gasteiger charge is 2.30. The zero-order chi connectivity index (χ0) is 16.5. The third-order valence-corrected chi connectivity index (χ3v) is 5.13. The molecule has 1 aromatic carbocycles. The van der Waals surface area contributed by atoms with Crippen molar-refractivity contribution in [3.05, 3.63) is 46.6 Å². The van der Waals surface area contributed by atoms with Gasteiger partial charge in [-0.15, -0.1) is 0 Å². The summed E-state index contributed by atoms with van der Waals surface area (Å²) in [5, 5.41) is 4.58. The molecule has 24 heavy (non-hydrogen) atoms. The molecule has 2 aromatic rings. The van der Waals surface area contributed by atoms with Crippen molar-refractivity contribution in [3.8, 4) is 0 Å². The first-order chi connectivity index (χ1) is 11.7. The minimum atomic E-state index is 0.00879. The summed E-state index contributed by atoms with van der Waals surface area (Å²) in [5.74, 6) is 2.43. The van der Waals surface area contributed by atoms with Gasteiger partial charge in [-0.05, 0) is 43.7 Å². The van der Waals surface area contributed by atoms with Gasteiger partial charge in [0.25, 0.3) is 5.91 Å². The average molecular weight is 346 g/mol. The molecule has 6 heteroatoms. The van der Waals surface area contributed by atoms with Gasteiger partial charge < -0.3 is 9.42 Å². The van der Waals surface area contributed by atoms with Gasteiger partial charge in [0, 0.05) is 25.4 Å². The maximum atomic E-state index is 12.7. The largest absolute Gasteiger partial charge is 0.339 e. The van der Waals surface area contributed by atoms with Crippen molar-refractivity contribution in [3.63, 3.8) is 0 Å². The molecule has 1 atom stereocenters. The lowest BCUT2D eigenvalue weighted by atomic mass is 9.94. The Bertz CT molecular complexity index is 741. The second-order valence-corrected chi connectivity index (χ2v) is 7.17. The van der Waals surface area contributed by atoms with E-state index in [0.717, 1.165) is 31.6 Å². The van der Waals surface area contributed by atoms with Gasteiger partial charge in [0.1, 0.15) is 0 Å². The van der Waals surface area contributed by atoms with Gasteiger partial charge >= 0.3 is 0 Å². The topological polar surface area (TPSA) is 59.2 Å². The summed E-state index contributed by atoms with van der Waals surface area (Å²) in [5.41, 5.74) is 0.577. The summed E-state index contributed by atoms with van der Waals surface area (Å²) in [4.78, 5) is 19.1. The Morgan fingerprint density at radius 2 is 2.12 bits per heavy atom. The van der Waals surface area contributed by atoms with Crippen LogP contribution in [-0.2, 0) is 6.42 Å². The van der Waals surface area contributed by atoms with E-state index in [4.69, 9.17) is 16.1 Å². The number of amides is 1. The molecule has 1 aliphatic carbocycles. The summed E-state index contributed by atoms with van der Waals surface area (Å²) >= 11 is 6.16. The van der Waals surface area contributed by atoms with Crippen LogP contribution in [0.15, 0.2) is 28.8 Å². The minimum absolute atomic E-state index is 0.00879. The van der Waals surface area contributed by atoms with Crippen LogP contribution >= 0.6 is 11.6 Å². The lowest BCUT2D eigenvalue weighted by molar-refractivity contribution is 0.0668. The highest BCUT2D eigenvalue weighted by molar-refractivity contribution is 6.33. The number of hydrogen-bond donors (Lipinski definition) is 0. The smallest absolute Gasteiger partial charge is 0.255 e. The standard InChI is InChI=1S/C18H20ClN3O2/c19-15-6-2-1-5-14(15)18(23)22-9-3-4-12(11-22)10-16-20-17(21-24-16)13-7-8-13/h1-2,5-6,12-13H,3-4,7-11H2/t12-/m0/s1. The second-order valence-electron chi connectivity index (χ2n) is 6.76. The van der Waals surface area contributed by atoms with E-state index in [1.54, 1.807) is 12.1 Å². The molecule has 1 saturated heterocycles. The van der Waals surface area contributed by atoms with E-state index in [9.17, 15) is 4.79 Å². The highest BCUT2D eigenvalue weighted by Crippen LogP contribution is 2.38. The number of carbonyl (C=O) groups is 1. The van der Waals surface area contributed by atoms with Gasteiger partial charge in [-0.1, -0.05) is 28.9 Å². The number of piperidine rings is 1. The van der Waals surface area contributed by atoms with Crippen molar-refractivity contribution in [2.24, 2.45) is 5.92 Å². The van der Waals surface area contributed by atoms with E-state index in [-0.39, 0.29) is 5.91 Å². The summed E-state index contributed by atoms with van der Waals surface area (Å²) in [6.07, 6.45) is 5.15. The molecule has 126 valence electrons. The number of likely N-dealkylation sites (tertiary alicyclic amines) is 1. The molecular formula is C18H20ClN3O2. The summed E-state index contributed by atoms with van der Waals surface area (Å²) in [6, 6.07) is 7.23. The zero-order valence-electron chi connectivity index (χ0n) is 13.4. The minimum Gasteiger partial charge on any atom is -0.339 e. The zero-order valence-corrected chi connectivity index (χ0v) is 14.2. The average Bonchev–Trinajstić information content (AvgIpc) is 3.35. The van der Waals surface area contributed by atoms with Gasteiger partial charge in [-0.2, -0.15) is 4.98 Å². The fourth-order valence-corrected chi connectivity index (χ4v) is 3.54. The van der Waals surface area contributed by atoms with E-state index in [1.165, 1.54) is 12.8 Å². The summed E-state index contributed by atoms with van der Waals surface area (Å²) in [6.45, 7) is 1.49. The molecule has 2 aliphatic rings. The molecule has 1 aliphatic heterocycles. The Morgan fingerprint density at radius 3 is 2.92 bits per heavy atom. The third-order valence-electron chi connectivity index (χ3n) is 4.80. The quantitative estimate of drug-likeness (QED) is 0.847. The van der Waals surface area contributed by atoms with Crippen LogP contribution in [0.1, 0.15) is 53.7 Å². The van der Waals surface area contributed by atoms with Crippen LogP contribution < -0.4 is 0 Å². The lowest BCUT2D eigenvalue weighted by Gasteiger charge is -2.32. The normalized spacial score (nSPS) is 21.0. The highest BCUT2D eigenvalue weighted by atomic mass is 35.5. The molecule has 0 spiro atoms. The van der Waals surface area contributed by atoms with E-state index < -0.39 is 0 Å². The van der Waals surface area contributed by atoms with Crippen LogP contribution in [0.4, 0.5) is 0 Å². The van der Waals surface area contributed by atoms with Crippen molar-refractivity contribution in [1.82, 2.24) is 15.0 Å². The molecule has 1 saturated carbocycles. The number of hydrogen-bond acceptors (Lipinski definition) is 4. The van der Waals surface area contributed by atoms with Crippen molar-refractivity contribution >= 4 is 17.5 Å². The molecule has 0 radical (unpaired) electrons. The monoisotopic (exact) mass is 345 g/mol. The number of halogens is 1. The summed E-state index contributed by atoms with van der Waals surface area (Å²) in [7, 11) is 0. The van der Waals surface area contributed by atoms with Crippen LogP contribution in [0.3, 0.4) is 0 Å². The first-order valence-electron chi connectivity index (χ1n) is 8.57. The van der Waals surface area contributed by atoms with Crippen molar-refractivity contribution in [2.75, 3.05) is 13.1 Å². The maximum Gasteiger partial charge on any atom is 0.255 e. The van der Waals surface area contributed by atoms with Crippen molar-refractivity contribution in [2.45, 2.75) is 38.0 Å². The van der Waals surface area contributed by atoms with Gasteiger partial charge in [0.15, 0.2) is 5.82 Å². The molecule has 1 aromatic heterocycles. The first-order valence-corrected chi connectivity index (χ1v) is 8.95. The molecule has 2 fully saturated rings. The van der Waals surface area contributed by atoms with Crippen molar-refractivity contribution in [1.29, 1.82) is 0 Å². The van der Waals surface area contributed by atoms with Gasteiger partial charge in [0.05, 0.1) is 10.6 Å². The van der Waals surface area contributed by atoms with E-state index >= 15 is 0 Å². The Hall–Kier alpha value is -1.88. The Morgan fingerprint density at radius 1 is 1.29 bits per heavy atom. The predicted molar refractivity (Wildman–Crippen MR) is 90.1 cm³/mol. The number of nitrogens with zero attached hydrogens (tertiary/aromatic N) is 3. The van der Waals surface area contributed by atoms with Crippen LogP contribution in [0.5, 0.6) is 0 Å². The number of rotatable bonds is 4. The molecule has 2 heterocycles. The Labute approximate surface area is 146 Å². The van der Waals surface area contributed by atoms with Gasteiger partial charge in [-0.3, -0.25) is 4.79 Å².